The SMILES string of the molecule is CC(C)CNC(=O)C(NC(=O)c1ccc(F)cc1)C1CCN(C(=O)c2ccco2)CC1. The van der Waals surface area contributed by atoms with Gasteiger partial charge in [-0.25, -0.2) is 4.39 Å². The lowest BCUT2D eigenvalue weighted by molar-refractivity contribution is -0.124. The molecule has 2 N–H and O–H groups in total. The van der Waals surface area contributed by atoms with Crippen LogP contribution in [-0.4, -0.2) is 48.3 Å². The molecule has 1 atom stereocenters. The molecule has 31 heavy (non-hydrogen) atoms. The first-order chi connectivity index (χ1) is 14.8. The lowest BCUT2D eigenvalue weighted by Gasteiger charge is -2.35. The number of nitrogens with zero attached hydrogens (tertiary/aromatic N) is 1. The van der Waals surface area contributed by atoms with Crippen molar-refractivity contribution in [2.45, 2.75) is 32.7 Å². The van der Waals surface area contributed by atoms with Gasteiger partial charge in [0, 0.05) is 25.2 Å². The predicted octanol–water partition coefficient (Wildman–Crippen LogP) is 2.84. The van der Waals surface area contributed by atoms with Crippen LogP contribution in [-0.2, 0) is 4.79 Å². The van der Waals surface area contributed by atoms with Crippen LogP contribution in [0.15, 0.2) is 47.1 Å². The zero-order valence-electron chi connectivity index (χ0n) is 17.8. The van der Waals surface area contributed by atoms with Crippen LogP contribution < -0.4 is 10.6 Å². The average Bonchev–Trinajstić information content (AvgIpc) is 3.31. The largest absolute Gasteiger partial charge is 0.459 e. The van der Waals surface area contributed by atoms with Gasteiger partial charge >= 0.3 is 0 Å². The smallest absolute Gasteiger partial charge is 0.289 e. The van der Waals surface area contributed by atoms with Gasteiger partial charge in [0.1, 0.15) is 11.9 Å². The Hall–Kier alpha value is -3.16. The number of nitrogens with one attached hydrogen (secondary N) is 2. The first-order valence-corrected chi connectivity index (χ1v) is 10.5. The molecule has 2 heterocycles. The molecular formula is C23H28FN3O4. The second-order valence-electron chi connectivity index (χ2n) is 8.20. The van der Waals surface area contributed by atoms with Crippen molar-refractivity contribution in [1.82, 2.24) is 15.5 Å². The number of halogens is 1. The van der Waals surface area contributed by atoms with E-state index in [1.165, 1.54) is 30.5 Å². The molecular weight excluding hydrogens is 401 g/mol. The minimum absolute atomic E-state index is 0.128. The van der Waals surface area contributed by atoms with Crippen molar-refractivity contribution in [2.75, 3.05) is 19.6 Å². The summed E-state index contributed by atoms with van der Waals surface area (Å²) in [6, 6.07) is 7.75. The minimum Gasteiger partial charge on any atom is -0.459 e. The van der Waals surface area contributed by atoms with Crippen LogP contribution in [0.2, 0.25) is 0 Å². The summed E-state index contributed by atoms with van der Waals surface area (Å²) in [6.07, 6.45) is 2.59. The summed E-state index contributed by atoms with van der Waals surface area (Å²) >= 11 is 0. The number of amides is 3. The molecule has 0 aliphatic carbocycles. The van der Waals surface area contributed by atoms with E-state index in [0.29, 0.717) is 32.5 Å². The first-order valence-electron chi connectivity index (χ1n) is 10.5. The van der Waals surface area contributed by atoms with E-state index in [9.17, 15) is 18.8 Å². The van der Waals surface area contributed by atoms with Gasteiger partial charge in [0.15, 0.2) is 5.76 Å². The molecule has 0 saturated carbocycles. The molecule has 8 heteroatoms. The quantitative estimate of drug-likeness (QED) is 0.708. The normalized spacial score (nSPS) is 15.5. The Kier molecular flexibility index (Phi) is 7.44. The highest BCUT2D eigenvalue weighted by atomic mass is 19.1. The molecule has 1 aliphatic heterocycles. The van der Waals surface area contributed by atoms with Gasteiger partial charge in [-0.1, -0.05) is 13.8 Å². The van der Waals surface area contributed by atoms with Crippen molar-refractivity contribution in [1.29, 1.82) is 0 Å². The van der Waals surface area contributed by atoms with Crippen LogP contribution in [0.1, 0.15) is 47.6 Å². The van der Waals surface area contributed by atoms with Gasteiger partial charge in [-0.2, -0.15) is 0 Å². The van der Waals surface area contributed by atoms with Gasteiger partial charge in [-0.05, 0) is 61.1 Å². The number of furan rings is 1. The molecule has 0 radical (unpaired) electrons. The summed E-state index contributed by atoms with van der Waals surface area (Å²) in [4.78, 5) is 39.8. The third kappa shape index (κ3) is 5.93. The van der Waals surface area contributed by atoms with E-state index >= 15 is 0 Å². The summed E-state index contributed by atoms with van der Waals surface area (Å²) in [5.41, 5.74) is 0.286. The van der Waals surface area contributed by atoms with Crippen molar-refractivity contribution in [2.24, 2.45) is 11.8 Å². The second-order valence-corrected chi connectivity index (χ2v) is 8.20. The van der Waals surface area contributed by atoms with Gasteiger partial charge in [0.25, 0.3) is 11.8 Å². The summed E-state index contributed by atoms with van der Waals surface area (Å²) in [5.74, 6) is -0.869. The zero-order valence-corrected chi connectivity index (χ0v) is 17.8. The van der Waals surface area contributed by atoms with Crippen LogP contribution in [0.25, 0.3) is 0 Å². The monoisotopic (exact) mass is 429 g/mol. The maximum Gasteiger partial charge on any atom is 0.289 e. The van der Waals surface area contributed by atoms with Gasteiger partial charge in [0.2, 0.25) is 5.91 Å². The number of hydrogen-bond acceptors (Lipinski definition) is 4. The molecule has 1 unspecified atom stereocenters. The molecule has 166 valence electrons. The fourth-order valence-corrected chi connectivity index (χ4v) is 3.63. The Labute approximate surface area is 181 Å². The highest BCUT2D eigenvalue weighted by Gasteiger charge is 2.34. The van der Waals surface area contributed by atoms with E-state index in [1.807, 2.05) is 13.8 Å². The number of carbonyl (C=O) groups is 3. The lowest BCUT2D eigenvalue weighted by atomic mass is 9.88. The van der Waals surface area contributed by atoms with Gasteiger partial charge in [0.05, 0.1) is 6.26 Å². The Morgan fingerprint density at radius 2 is 1.81 bits per heavy atom. The fourth-order valence-electron chi connectivity index (χ4n) is 3.63. The average molecular weight is 429 g/mol. The summed E-state index contributed by atoms with van der Waals surface area (Å²) in [7, 11) is 0. The Bertz CT molecular complexity index is 888. The standard InChI is InChI=1S/C23H28FN3O4/c1-15(2)14-25-22(29)20(26-21(28)17-5-7-18(24)8-6-17)16-9-11-27(12-10-16)23(30)19-4-3-13-31-19/h3-8,13,15-16,20H,9-12,14H2,1-2H3,(H,25,29)(H,26,28). The number of likely N-dealkylation sites (tertiary alicyclic amines) is 1. The minimum atomic E-state index is -0.739. The number of benzene rings is 1. The highest BCUT2D eigenvalue weighted by molar-refractivity contribution is 5.97. The lowest BCUT2D eigenvalue weighted by Crippen LogP contribution is -2.54. The van der Waals surface area contributed by atoms with E-state index in [-0.39, 0.29) is 35.0 Å². The number of hydrogen-bond donors (Lipinski definition) is 2. The first kappa shape index (κ1) is 22.5. The molecule has 1 aliphatic rings. The number of rotatable bonds is 7. The van der Waals surface area contributed by atoms with E-state index in [2.05, 4.69) is 10.6 Å². The summed E-state index contributed by atoms with van der Waals surface area (Å²) in [5, 5.41) is 5.71. The summed E-state index contributed by atoms with van der Waals surface area (Å²) in [6.45, 7) is 5.41. The Balaban J connectivity index is 1.67. The van der Waals surface area contributed by atoms with Crippen molar-refractivity contribution in [3.63, 3.8) is 0 Å². The maximum atomic E-state index is 13.2. The van der Waals surface area contributed by atoms with Crippen LogP contribution >= 0.6 is 0 Å². The van der Waals surface area contributed by atoms with Gasteiger partial charge in [-0.15, -0.1) is 0 Å². The molecule has 1 aromatic carbocycles. The fraction of sp³-hybridized carbons (Fsp3) is 0.435. The molecule has 7 nitrogen and oxygen atoms in total. The van der Waals surface area contributed by atoms with Gasteiger partial charge < -0.3 is 20.0 Å². The van der Waals surface area contributed by atoms with E-state index in [1.54, 1.807) is 17.0 Å². The molecule has 3 rings (SSSR count). The predicted molar refractivity (Wildman–Crippen MR) is 113 cm³/mol. The van der Waals surface area contributed by atoms with Crippen LogP contribution in [0, 0.1) is 17.7 Å². The maximum absolute atomic E-state index is 13.2. The van der Waals surface area contributed by atoms with Crippen LogP contribution in [0.5, 0.6) is 0 Å². The molecule has 1 aromatic heterocycles. The molecule has 1 fully saturated rings. The zero-order chi connectivity index (χ0) is 22.4. The topological polar surface area (TPSA) is 91.7 Å². The Morgan fingerprint density at radius 3 is 2.39 bits per heavy atom. The van der Waals surface area contributed by atoms with Crippen LogP contribution in [0.4, 0.5) is 4.39 Å². The second kappa shape index (κ2) is 10.2. The number of piperidine rings is 1. The van der Waals surface area contributed by atoms with Gasteiger partial charge in [-0.3, -0.25) is 14.4 Å². The van der Waals surface area contributed by atoms with Crippen LogP contribution in [0.3, 0.4) is 0 Å². The van der Waals surface area contributed by atoms with E-state index in [4.69, 9.17) is 4.42 Å². The van der Waals surface area contributed by atoms with E-state index in [0.717, 1.165) is 0 Å². The highest BCUT2D eigenvalue weighted by Crippen LogP contribution is 2.23. The van der Waals surface area contributed by atoms with Crippen molar-refractivity contribution in [3.05, 3.63) is 59.8 Å². The third-order valence-corrected chi connectivity index (χ3v) is 5.39. The van der Waals surface area contributed by atoms with Crippen molar-refractivity contribution >= 4 is 17.7 Å². The van der Waals surface area contributed by atoms with Crippen molar-refractivity contribution in [3.8, 4) is 0 Å². The molecule has 3 amide bonds. The number of carbonyl (C=O) groups excluding carboxylic acids is 3. The molecule has 2 aromatic rings. The molecule has 0 bridgehead atoms. The van der Waals surface area contributed by atoms with E-state index < -0.39 is 17.8 Å². The Morgan fingerprint density at radius 1 is 1.13 bits per heavy atom. The third-order valence-electron chi connectivity index (χ3n) is 5.39. The molecule has 1 saturated heterocycles. The summed E-state index contributed by atoms with van der Waals surface area (Å²) < 4.78 is 18.4. The van der Waals surface area contributed by atoms with Crippen molar-refractivity contribution < 1.29 is 23.2 Å². The molecule has 0 spiro atoms.